The molecule has 26 heavy (non-hydrogen) atoms. The molecule has 136 valence electrons. The fourth-order valence-corrected chi connectivity index (χ4v) is 2.71. The first-order valence-electron chi connectivity index (χ1n) is 8.42. The van der Waals surface area contributed by atoms with Crippen LogP contribution in [0.5, 0.6) is 0 Å². The third-order valence-electron chi connectivity index (χ3n) is 3.87. The van der Waals surface area contributed by atoms with Gasteiger partial charge in [-0.15, -0.1) is 0 Å². The molecule has 2 rings (SSSR count). The summed E-state index contributed by atoms with van der Waals surface area (Å²) in [6.07, 6.45) is 1.74. The number of benzene rings is 2. The van der Waals surface area contributed by atoms with Crippen LogP contribution in [0, 0.1) is 11.3 Å². The van der Waals surface area contributed by atoms with E-state index < -0.39 is 0 Å². The van der Waals surface area contributed by atoms with Crippen LogP contribution in [0.1, 0.15) is 24.0 Å². The fourth-order valence-electron chi connectivity index (χ4n) is 2.49. The maximum atomic E-state index is 12.7. The van der Waals surface area contributed by atoms with Gasteiger partial charge in [0.15, 0.2) is 0 Å². The van der Waals surface area contributed by atoms with Crippen LogP contribution in [0.2, 0.25) is 5.02 Å². The van der Waals surface area contributed by atoms with Gasteiger partial charge in [-0.3, -0.25) is 0 Å². The van der Waals surface area contributed by atoms with Gasteiger partial charge in [0.2, 0.25) is 0 Å². The third kappa shape index (κ3) is 6.07. The first-order valence-corrected chi connectivity index (χ1v) is 8.80. The number of urea groups is 1. The first-order chi connectivity index (χ1) is 12.6. The number of nitriles is 1. The summed E-state index contributed by atoms with van der Waals surface area (Å²) in [5.41, 5.74) is 2.01. The first kappa shape index (κ1) is 19.8. The van der Waals surface area contributed by atoms with Crippen LogP contribution < -0.4 is 5.32 Å². The van der Waals surface area contributed by atoms with Crippen molar-refractivity contribution in [3.8, 4) is 6.07 Å². The Labute approximate surface area is 159 Å². The van der Waals surface area contributed by atoms with Crippen molar-refractivity contribution in [2.45, 2.75) is 19.4 Å². The highest BCUT2D eigenvalue weighted by atomic mass is 35.5. The van der Waals surface area contributed by atoms with Gasteiger partial charge in [0.1, 0.15) is 6.07 Å². The molecule has 0 radical (unpaired) electrons. The van der Waals surface area contributed by atoms with E-state index in [1.807, 2.05) is 36.4 Å². The average Bonchev–Trinajstić information content (AvgIpc) is 2.65. The molecular weight excluding hydrogens is 350 g/mol. The summed E-state index contributed by atoms with van der Waals surface area (Å²) in [5, 5.41) is 12.1. The minimum absolute atomic E-state index is 0.202. The van der Waals surface area contributed by atoms with Crippen molar-refractivity contribution in [2.75, 3.05) is 25.6 Å². The van der Waals surface area contributed by atoms with Crippen molar-refractivity contribution in [2.24, 2.45) is 0 Å². The Morgan fingerprint density at radius 2 is 2.00 bits per heavy atom. The molecule has 0 aliphatic carbocycles. The number of hydrogen-bond acceptors (Lipinski definition) is 3. The van der Waals surface area contributed by atoms with Crippen molar-refractivity contribution in [1.29, 1.82) is 5.26 Å². The topological polar surface area (TPSA) is 65.4 Å². The SMILES string of the molecule is COCCCCN(Cc1ccccc1)C(=O)Nc1ccc(C#N)c(Cl)c1. The second-order valence-electron chi connectivity index (χ2n) is 5.84. The van der Waals surface area contributed by atoms with E-state index in [0.717, 1.165) is 18.4 Å². The normalized spacial score (nSPS) is 10.2. The molecule has 0 heterocycles. The summed E-state index contributed by atoms with van der Waals surface area (Å²) >= 11 is 6.04. The monoisotopic (exact) mass is 371 g/mol. The van der Waals surface area contributed by atoms with Gasteiger partial charge in [0, 0.05) is 32.5 Å². The Hall–Kier alpha value is -2.55. The van der Waals surface area contributed by atoms with Crippen molar-refractivity contribution in [3.05, 3.63) is 64.7 Å². The summed E-state index contributed by atoms with van der Waals surface area (Å²) in [4.78, 5) is 14.5. The fraction of sp³-hybridized carbons (Fsp3) is 0.300. The van der Waals surface area contributed by atoms with Crippen LogP contribution in [-0.2, 0) is 11.3 Å². The number of methoxy groups -OCH3 is 1. The van der Waals surface area contributed by atoms with Gasteiger partial charge in [-0.1, -0.05) is 41.9 Å². The number of nitrogens with one attached hydrogen (secondary N) is 1. The van der Waals surface area contributed by atoms with E-state index in [4.69, 9.17) is 21.6 Å². The molecule has 0 saturated carbocycles. The second-order valence-corrected chi connectivity index (χ2v) is 6.25. The third-order valence-corrected chi connectivity index (χ3v) is 4.18. The predicted octanol–water partition coefficient (Wildman–Crippen LogP) is 4.67. The van der Waals surface area contributed by atoms with Crippen molar-refractivity contribution >= 4 is 23.3 Å². The van der Waals surface area contributed by atoms with Crippen LogP contribution in [0.3, 0.4) is 0 Å². The molecule has 0 saturated heterocycles. The van der Waals surface area contributed by atoms with E-state index in [2.05, 4.69) is 5.32 Å². The zero-order valence-corrected chi connectivity index (χ0v) is 15.5. The van der Waals surface area contributed by atoms with Crippen molar-refractivity contribution in [3.63, 3.8) is 0 Å². The molecule has 2 amide bonds. The summed E-state index contributed by atoms with van der Waals surface area (Å²) in [7, 11) is 1.67. The van der Waals surface area contributed by atoms with Crippen LogP contribution in [-0.4, -0.2) is 31.2 Å². The van der Waals surface area contributed by atoms with Crippen LogP contribution in [0.15, 0.2) is 48.5 Å². The Bertz CT molecular complexity index is 759. The minimum atomic E-state index is -0.202. The zero-order chi connectivity index (χ0) is 18.8. The summed E-state index contributed by atoms with van der Waals surface area (Å²) in [6, 6.07) is 16.5. The second kappa shape index (κ2) is 10.4. The lowest BCUT2D eigenvalue weighted by Crippen LogP contribution is -2.35. The van der Waals surface area contributed by atoms with Crippen LogP contribution >= 0.6 is 11.6 Å². The maximum absolute atomic E-state index is 12.7. The number of carbonyl (C=O) groups is 1. The molecule has 2 aromatic rings. The summed E-state index contributed by atoms with van der Waals surface area (Å²) in [6.45, 7) is 1.81. The summed E-state index contributed by atoms with van der Waals surface area (Å²) < 4.78 is 5.07. The standard InChI is InChI=1S/C20H22ClN3O2/c1-26-12-6-5-11-24(15-16-7-3-2-4-8-16)20(25)23-18-10-9-17(14-22)19(21)13-18/h2-4,7-10,13H,5-6,11-12,15H2,1H3,(H,23,25). The van der Waals surface area contributed by atoms with E-state index in [1.165, 1.54) is 0 Å². The highest BCUT2D eigenvalue weighted by molar-refractivity contribution is 6.32. The highest BCUT2D eigenvalue weighted by Gasteiger charge is 2.14. The smallest absolute Gasteiger partial charge is 0.322 e. The molecule has 0 unspecified atom stereocenters. The molecule has 0 atom stereocenters. The molecule has 0 aromatic heterocycles. The molecule has 0 aliphatic heterocycles. The lowest BCUT2D eigenvalue weighted by molar-refractivity contribution is 0.182. The van der Waals surface area contributed by atoms with E-state index in [0.29, 0.717) is 36.0 Å². The number of nitrogens with zero attached hydrogens (tertiary/aromatic N) is 2. The van der Waals surface area contributed by atoms with Crippen molar-refractivity contribution in [1.82, 2.24) is 4.90 Å². The van der Waals surface area contributed by atoms with Gasteiger partial charge in [0.25, 0.3) is 0 Å². The number of halogens is 1. The lowest BCUT2D eigenvalue weighted by Gasteiger charge is -2.23. The van der Waals surface area contributed by atoms with Crippen molar-refractivity contribution < 1.29 is 9.53 Å². The van der Waals surface area contributed by atoms with Gasteiger partial charge < -0.3 is 15.0 Å². The number of hydrogen-bond donors (Lipinski definition) is 1. The molecule has 0 fully saturated rings. The zero-order valence-electron chi connectivity index (χ0n) is 14.7. The summed E-state index contributed by atoms with van der Waals surface area (Å²) in [5.74, 6) is 0. The van der Waals surface area contributed by atoms with Gasteiger partial charge in [-0.2, -0.15) is 5.26 Å². The molecule has 0 aliphatic rings. The number of ether oxygens (including phenoxy) is 1. The molecule has 6 heteroatoms. The molecular formula is C20H22ClN3O2. The van der Waals surface area contributed by atoms with E-state index in [1.54, 1.807) is 30.2 Å². The molecule has 2 aromatic carbocycles. The average molecular weight is 372 g/mol. The number of amides is 2. The van der Waals surface area contributed by atoms with Gasteiger partial charge in [-0.05, 0) is 36.6 Å². The molecule has 5 nitrogen and oxygen atoms in total. The largest absolute Gasteiger partial charge is 0.385 e. The number of rotatable bonds is 8. The Morgan fingerprint density at radius 1 is 1.23 bits per heavy atom. The van der Waals surface area contributed by atoms with Gasteiger partial charge in [0.05, 0.1) is 10.6 Å². The Morgan fingerprint density at radius 3 is 2.65 bits per heavy atom. The quantitative estimate of drug-likeness (QED) is 0.685. The Balaban J connectivity index is 2.06. The lowest BCUT2D eigenvalue weighted by atomic mass is 10.2. The molecule has 0 spiro atoms. The van der Waals surface area contributed by atoms with Crippen LogP contribution in [0.4, 0.5) is 10.5 Å². The molecule has 1 N–H and O–H groups in total. The van der Waals surface area contributed by atoms with E-state index >= 15 is 0 Å². The van der Waals surface area contributed by atoms with E-state index in [-0.39, 0.29) is 6.03 Å². The molecule has 0 bridgehead atoms. The van der Waals surface area contributed by atoms with Crippen LogP contribution in [0.25, 0.3) is 0 Å². The van der Waals surface area contributed by atoms with E-state index in [9.17, 15) is 4.79 Å². The highest BCUT2D eigenvalue weighted by Crippen LogP contribution is 2.20. The van der Waals surface area contributed by atoms with Gasteiger partial charge >= 0.3 is 6.03 Å². The number of anilines is 1. The predicted molar refractivity (Wildman–Crippen MR) is 103 cm³/mol. The number of carbonyl (C=O) groups excluding carboxylic acids is 1. The maximum Gasteiger partial charge on any atom is 0.322 e. The van der Waals surface area contributed by atoms with Gasteiger partial charge in [-0.25, -0.2) is 4.79 Å². The number of unbranched alkanes of at least 4 members (excludes halogenated alkanes) is 1. The Kier molecular flexibility index (Phi) is 7.94. The minimum Gasteiger partial charge on any atom is -0.385 e.